The van der Waals surface area contributed by atoms with Gasteiger partial charge in [-0.3, -0.25) is 4.90 Å². The molecule has 0 spiro atoms. The lowest BCUT2D eigenvalue weighted by Gasteiger charge is -2.19. The molecule has 0 aromatic carbocycles. The Hall–Kier alpha value is 0.310. The Bertz CT molecular complexity index is 75.0. The number of nitrogens with zero attached hydrogens (tertiary/aromatic N) is 1. The highest BCUT2D eigenvalue weighted by Gasteiger charge is 2.11. The van der Waals surface area contributed by atoms with Gasteiger partial charge in [-0.15, -0.1) is 11.8 Å². The molecule has 1 unspecified atom stereocenters. The number of hydrogen-bond donors (Lipinski definition) is 0. The predicted molar refractivity (Wildman–Crippen MR) is 43.8 cm³/mol. The molecular formula is C7H15NS. The van der Waals surface area contributed by atoms with E-state index >= 15 is 0 Å². The van der Waals surface area contributed by atoms with Crippen LogP contribution in [0.1, 0.15) is 19.8 Å². The van der Waals surface area contributed by atoms with E-state index < -0.39 is 0 Å². The monoisotopic (exact) mass is 145 g/mol. The van der Waals surface area contributed by atoms with Crippen molar-refractivity contribution in [1.82, 2.24) is 4.90 Å². The second-order valence-electron chi connectivity index (χ2n) is 2.66. The van der Waals surface area contributed by atoms with Crippen molar-refractivity contribution >= 4 is 11.8 Å². The lowest BCUT2D eigenvalue weighted by atomic mass is 10.3. The second-order valence-corrected chi connectivity index (χ2v) is 4.08. The van der Waals surface area contributed by atoms with Gasteiger partial charge in [0.15, 0.2) is 0 Å². The molecule has 0 bridgehead atoms. The van der Waals surface area contributed by atoms with E-state index in [1.807, 2.05) is 0 Å². The third kappa shape index (κ3) is 2.18. The van der Waals surface area contributed by atoms with E-state index in [0.29, 0.717) is 0 Å². The summed E-state index contributed by atoms with van der Waals surface area (Å²) in [6, 6.07) is 0. The van der Waals surface area contributed by atoms with Crippen LogP contribution in [-0.2, 0) is 0 Å². The summed E-state index contributed by atoms with van der Waals surface area (Å²) in [5.74, 6) is 1.35. The smallest absolute Gasteiger partial charge is 0.0525 e. The largest absolute Gasteiger partial charge is 0.295 e. The van der Waals surface area contributed by atoms with E-state index in [4.69, 9.17) is 0 Å². The Morgan fingerprint density at radius 2 is 2.22 bits per heavy atom. The van der Waals surface area contributed by atoms with E-state index in [2.05, 4.69) is 30.6 Å². The number of rotatable bonds is 0. The van der Waals surface area contributed by atoms with Crippen molar-refractivity contribution in [3.05, 3.63) is 0 Å². The molecule has 0 aromatic rings. The van der Waals surface area contributed by atoms with Gasteiger partial charge in [0.2, 0.25) is 0 Å². The lowest BCUT2D eigenvalue weighted by molar-refractivity contribution is 0.328. The molecule has 2 heteroatoms. The van der Waals surface area contributed by atoms with Gasteiger partial charge in [-0.2, -0.15) is 0 Å². The zero-order valence-corrected chi connectivity index (χ0v) is 7.08. The summed E-state index contributed by atoms with van der Waals surface area (Å²) >= 11 is 2.07. The highest BCUT2D eigenvalue weighted by Crippen LogP contribution is 2.19. The Kier molecular flexibility index (Phi) is 2.86. The minimum atomic E-state index is 0.743. The molecule has 0 amide bonds. The van der Waals surface area contributed by atoms with Crippen molar-refractivity contribution in [1.29, 1.82) is 0 Å². The summed E-state index contributed by atoms with van der Waals surface area (Å²) in [6.07, 6.45) is 2.78. The molecule has 9 heavy (non-hydrogen) atoms. The molecule has 1 aliphatic rings. The summed E-state index contributed by atoms with van der Waals surface area (Å²) in [6.45, 7) is 3.57. The fourth-order valence-electron chi connectivity index (χ4n) is 1.03. The Balaban J connectivity index is 2.32. The topological polar surface area (TPSA) is 3.24 Å². The van der Waals surface area contributed by atoms with Crippen molar-refractivity contribution in [2.75, 3.05) is 19.3 Å². The van der Waals surface area contributed by atoms with Crippen molar-refractivity contribution < 1.29 is 0 Å². The van der Waals surface area contributed by atoms with Crippen LogP contribution in [0.2, 0.25) is 0 Å². The molecule has 0 radical (unpaired) electrons. The van der Waals surface area contributed by atoms with E-state index in [0.717, 1.165) is 5.37 Å². The summed E-state index contributed by atoms with van der Waals surface area (Å²) in [5.41, 5.74) is 0. The molecular weight excluding hydrogens is 130 g/mol. The van der Waals surface area contributed by atoms with Gasteiger partial charge in [0.1, 0.15) is 0 Å². The van der Waals surface area contributed by atoms with Crippen LogP contribution < -0.4 is 0 Å². The van der Waals surface area contributed by atoms with Crippen molar-refractivity contribution in [3.8, 4) is 0 Å². The quantitative estimate of drug-likeness (QED) is 0.511. The number of hydrogen-bond acceptors (Lipinski definition) is 2. The standard InChI is InChI=1S/C7H15NS/c1-7-8(2)5-3-4-6-9-7/h7H,3-6H2,1-2H3. The maximum Gasteiger partial charge on any atom is 0.0525 e. The lowest BCUT2D eigenvalue weighted by Crippen LogP contribution is -2.25. The average molecular weight is 145 g/mol. The van der Waals surface area contributed by atoms with Gasteiger partial charge in [0.05, 0.1) is 5.37 Å². The first-order valence-corrected chi connectivity index (χ1v) is 4.67. The summed E-state index contributed by atoms with van der Waals surface area (Å²) < 4.78 is 0. The molecule has 1 saturated heterocycles. The van der Waals surface area contributed by atoms with Gasteiger partial charge in [0.25, 0.3) is 0 Å². The van der Waals surface area contributed by atoms with Crippen molar-refractivity contribution in [3.63, 3.8) is 0 Å². The van der Waals surface area contributed by atoms with Gasteiger partial charge in [-0.1, -0.05) is 0 Å². The van der Waals surface area contributed by atoms with Crippen LogP contribution in [0.5, 0.6) is 0 Å². The highest BCUT2D eigenvalue weighted by atomic mass is 32.2. The van der Waals surface area contributed by atoms with Gasteiger partial charge in [-0.25, -0.2) is 0 Å². The third-order valence-electron chi connectivity index (χ3n) is 1.88. The van der Waals surface area contributed by atoms with E-state index in [9.17, 15) is 0 Å². The molecule has 1 heterocycles. The summed E-state index contributed by atoms with van der Waals surface area (Å²) in [4.78, 5) is 2.43. The first-order chi connectivity index (χ1) is 4.30. The summed E-state index contributed by atoms with van der Waals surface area (Å²) in [7, 11) is 2.21. The SMILES string of the molecule is CC1SCCCCN1C. The van der Waals surface area contributed by atoms with Crippen LogP contribution in [0.15, 0.2) is 0 Å². The van der Waals surface area contributed by atoms with E-state index in [1.54, 1.807) is 0 Å². The molecule has 0 saturated carbocycles. The van der Waals surface area contributed by atoms with Gasteiger partial charge in [-0.05, 0) is 39.1 Å². The molecule has 1 rings (SSSR count). The molecule has 1 atom stereocenters. The van der Waals surface area contributed by atoms with Gasteiger partial charge in [0, 0.05) is 0 Å². The molecule has 0 N–H and O–H groups in total. The first kappa shape index (κ1) is 7.42. The molecule has 1 nitrogen and oxygen atoms in total. The first-order valence-electron chi connectivity index (χ1n) is 3.62. The number of thioether (sulfide) groups is 1. The second kappa shape index (κ2) is 3.47. The Morgan fingerprint density at radius 1 is 1.44 bits per heavy atom. The molecule has 54 valence electrons. The van der Waals surface area contributed by atoms with E-state index in [-0.39, 0.29) is 0 Å². The Morgan fingerprint density at radius 3 is 3.00 bits per heavy atom. The van der Waals surface area contributed by atoms with Crippen LogP contribution in [0, 0.1) is 0 Å². The van der Waals surface area contributed by atoms with Crippen LogP contribution >= 0.6 is 11.8 Å². The van der Waals surface area contributed by atoms with Gasteiger partial charge >= 0.3 is 0 Å². The zero-order valence-electron chi connectivity index (χ0n) is 6.26. The average Bonchev–Trinajstić information content (AvgIpc) is 1.99. The third-order valence-corrected chi connectivity index (χ3v) is 3.25. The molecule has 0 aliphatic carbocycles. The van der Waals surface area contributed by atoms with Crippen molar-refractivity contribution in [2.45, 2.75) is 25.1 Å². The molecule has 0 aromatic heterocycles. The van der Waals surface area contributed by atoms with Crippen molar-refractivity contribution in [2.24, 2.45) is 0 Å². The van der Waals surface area contributed by atoms with E-state index in [1.165, 1.54) is 25.1 Å². The summed E-state index contributed by atoms with van der Waals surface area (Å²) in [5, 5.41) is 0.743. The fraction of sp³-hybridized carbons (Fsp3) is 1.00. The fourth-order valence-corrected chi connectivity index (χ4v) is 2.10. The molecule has 1 fully saturated rings. The normalized spacial score (nSPS) is 32.0. The minimum absolute atomic E-state index is 0.743. The van der Waals surface area contributed by atoms with Crippen LogP contribution in [-0.4, -0.2) is 29.6 Å². The maximum absolute atomic E-state index is 2.43. The van der Waals surface area contributed by atoms with Crippen LogP contribution in [0.25, 0.3) is 0 Å². The zero-order chi connectivity index (χ0) is 6.69. The maximum atomic E-state index is 2.43. The minimum Gasteiger partial charge on any atom is -0.295 e. The van der Waals surface area contributed by atoms with Crippen LogP contribution in [0.4, 0.5) is 0 Å². The Labute approximate surface area is 61.8 Å². The predicted octanol–water partition coefficient (Wildman–Crippen LogP) is 1.79. The van der Waals surface area contributed by atoms with Gasteiger partial charge < -0.3 is 0 Å². The van der Waals surface area contributed by atoms with Crippen LogP contribution in [0.3, 0.4) is 0 Å². The molecule has 1 aliphatic heterocycles. The highest BCUT2D eigenvalue weighted by molar-refractivity contribution is 7.99.